The zero-order valence-electron chi connectivity index (χ0n) is 12.1. The average Bonchev–Trinajstić information content (AvgIpc) is 2.85. The highest BCUT2D eigenvalue weighted by atomic mass is 19.4. The SMILES string of the molecule is C[C@H](Nc1nccc(C(F)(F)F)n1)c1ccc2c(c1)CC(=O)N2. The molecule has 0 unspecified atom stereocenters. The summed E-state index contributed by atoms with van der Waals surface area (Å²) in [6.45, 7) is 1.79. The maximum Gasteiger partial charge on any atom is 0.433 e. The Balaban J connectivity index is 1.79. The average molecular weight is 322 g/mol. The lowest BCUT2D eigenvalue weighted by Crippen LogP contribution is -2.14. The van der Waals surface area contributed by atoms with Crippen LogP contribution in [0.1, 0.15) is 29.8 Å². The molecule has 1 aromatic heterocycles. The molecule has 3 rings (SSSR count). The number of anilines is 2. The van der Waals surface area contributed by atoms with E-state index in [0.717, 1.165) is 29.1 Å². The van der Waals surface area contributed by atoms with Crippen LogP contribution in [-0.4, -0.2) is 15.9 Å². The minimum atomic E-state index is -4.51. The summed E-state index contributed by atoms with van der Waals surface area (Å²) in [6.07, 6.45) is -3.14. The molecule has 23 heavy (non-hydrogen) atoms. The molecule has 1 amide bonds. The van der Waals surface area contributed by atoms with E-state index in [9.17, 15) is 18.0 Å². The number of amides is 1. The Hall–Kier alpha value is -2.64. The Labute approximate surface area is 130 Å². The summed E-state index contributed by atoms with van der Waals surface area (Å²) in [7, 11) is 0. The molecule has 120 valence electrons. The molecule has 2 heterocycles. The number of aromatic nitrogens is 2. The molecule has 0 bridgehead atoms. The highest BCUT2D eigenvalue weighted by Crippen LogP contribution is 2.29. The number of fused-ring (bicyclic) bond motifs is 1. The Bertz CT molecular complexity index is 761. The number of carbonyl (C=O) groups excluding carboxylic acids is 1. The molecule has 0 spiro atoms. The molecule has 0 radical (unpaired) electrons. The number of alkyl halides is 3. The molecule has 0 aliphatic carbocycles. The maximum atomic E-state index is 12.7. The molecule has 2 N–H and O–H groups in total. The highest BCUT2D eigenvalue weighted by Gasteiger charge is 2.32. The van der Waals surface area contributed by atoms with Crippen LogP contribution in [0, 0.1) is 0 Å². The molecule has 0 fully saturated rings. The van der Waals surface area contributed by atoms with Gasteiger partial charge in [0.05, 0.1) is 12.5 Å². The topological polar surface area (TPSA) is 66.9 Å². The number of benzene rings is 1. The molecule has 8 heteroatoms. The lowest BCUT2D eigenvalue weighted by Gasteiger charge is -2.16. The number of hydrogen-bond acceptors (Lipinski definition) is 4. The van der Waals surface area contributed by atoms with Gasteiger partial charge in [-0.3, -0.25) is 4.79 Å². The fourth-order valence-electron chi connectivity index (χ4n) is 2.38. The van der Waals surface area contributed by atoms with Gasteiger partial charge in [0.2, 0.25) is 11.9 Å². The Morgan fingerprint density at radius 2 is 2.09 bits per heavy atom. The van der Waals surface area contributed by atoms with Gasteiger partial charge in [0.15, 0.2) is 0 Å². The number of halogens is 3. The molecule has 0 saturated carbocycles. The summed E-state index contributed by atoms with van der Waals surface area (Å²) in [5, 5.41) is 5.57. The second-order valence-corrected chi connectivity index (χ2v) is 5.27. The summed E-state index contributed by atoms with van der Waals surface area (Å²) in [6, 6.07) is 5.94. The third-order valence-electron chi connectivity index (χ3n) is 3.55. The van der Waals surface area contributed by atoms with Crippen LogP contribution in [-0.2, 0) is 17.4 Å². The van der Waals surface area contributed by atoms with Crippen molar-refractivity contribution in [2.45, 2.75) is 25.6 Å². The van der Waals surface area contributed by atoms with Crippen LogP contribution in [0.5, 0.6) is 0 Å². The Morgan fingerprint density at radius 1 is 1.30 bits per heavy atom. The van der Waals surface area contributed by atoms with E-state index < -0.39 is 11.9 Å². The fraction of sp³-hybridized carbons (Fsp3) is 0.267. The van der Waals surface area contributed by atoms with Crippen LogP contribution in [0.25, 0.3) is 0 Å². The van der Waals surface area contributed by atoms with Crippen molar-refractivity contribution in [2.75, 3.05) is 10.6 Å². The van der Waals surface area contributed by atoms with Crippen LogP contribution in [0.2, 0.25) is 0 Å². The van der Waals surface area contributed by atoms with E-state index in [-0.39, 0.29) is 17.9 Å². The second kappa shape index (κ2) is 5.53. The number of hydrogen-bond donors (Lipinski definition) is 2. The highest BCUT2D eigenvalue weighted by molar-refractivity contribution is 5.99. The number of rotatable bonds is 3. The van der Waals surface area contributed by atoms with Gasteiger partial charge >= 0.3 is 6.18 Å². The predicted octanol–water partition coefficient (Wildman–Crippen LogP) is 3.16. The lowest BCUT2D eigenvalue weighted by molar-refractivity contribution is -0.141. The van der Waals surface area contributed by atoms with Gasteiger partial charge in [0.1, 0.15) is 5.69 Å². The van der Waals surface area contributed by atoms with Crippen LogP contribution in [0.4, 0.5) is 24.8 Å². The van der Waals surface area contributed by atoms with E-state index in [2.05, 4.69) is 20.6 Å². The first kappa shape index (κ1) is 15.3. The number of carbonyl (C=O) groups is 1. The van der Waals surface area contributed by atoms with Gasteiger partial charge in [-0.1, -0.05) is 12.1 Å². The van der Waals surface area contributed by atoms with Gasteiger partial charge in [0.25, 0.3) is 0 Å². The Morgan fingerprint density at radius 3 is 2.83 bits per heavy atom. The number of nitrogens with one attached hydrogen (secondary N) is 2. The lowest BCUT2D eigenvalue weighted by atomic mass is 10.0. The van der Waals surface area contributed by atoms with E-state index in [1.165, 1.54) is 0 Å². The van der Waals surface area contributed by atoms with E-state index in [0.29, 0.717) is 6.42 Å². The van der Waals surface area contributed by atoms with E-state index in [1.807, 2.05) is 6.07 Å². The normalized spacial score (nSPS) is 15.0. The maximum absolute atomic E-state index is 12.7. The largest absolute Gasteiger partial charge is 0.433 e. The minimum absolute atomic E-state index is 0.0704. The predicted molar refractivity (Wildman–Crippen MR) is 77.8 cm³/mol. The van der Waals surface area contributed by atoms with Crippen molar-refractivity contribution in [3.8, 4) is 0 Å². The summed E-state index contributed by atoms with van der Waals surface area (Å²) in [4.78, 5) is 18.6. The molecule has 1 aromatic carbocycles. The zero-order valence-corrected chi connectivity index (χ0v) is 12.1. The molecule has 0 saturated heterocycles. The van der Waals surface area contributed by atoms with Crippen molar-refractivity contribution in [1.29, 1.82) is 0 Å². The summed E-state index contributed by atoms with van der Waals surface area (Å²) < 4.78 is 38.0. The second-order valence-electron chi connectivity index (χ2n) is 5.27. The smallest absolute Gasteiger partial charge is 0.348 e. The Kier molecular flexibility index (Phi) is 3.67. The van der Waals surface area contributed by atoms with Crippen LogP contribution >= 0.6 is 0 Å². The van der Waals surface area contributed by atoms with Gasteiger partial charge in [0, 0.05) is 11.9 Å². The molecule has 2 aromatic rings. The standard InChI is InChI=1S/C15H13F3N4O/c1-8(9-2-3-11-10(6-9)7-13(23)21-11)20-14-19-5-4-12(22-14)15(16,17)18/h2-6,8H,7H2,1H3,(H,21,23)(H,19,20,22)/t8-/m0/s1. The zero-order chi connectivity index (χ0) is 16.6. The van der Waals surface area contributed by atoms with Crippen molar-refractivity contribution < 1.29 is 18.0 Å². The minimum Gasteiger partial charge on any atom is -0.348 e. The molecule has 1 aliphatic rings. The van der Waals surface area contributed by atoms with Crippen molar-refractivity contribution >= 4 is 17.5 Å². The van der Waals surface area contributed by atoms with Gasteiger partial charge in [-0.2, -0.15) is 13.2 Å². The molecular formula is C15H13F3N4O. The van der Waals surface area contributed by atoms with Gasteiger partial charge in [-0.15, -0.1) is 0 Å². The number of nitrogens with zero attached hydrogens (tertiary/aromatic N) is 2. The van der Waals surface area contributed by atoms with E-state index in [1.54, 1.807) is 19.1 Å². The first-order chi connectivity index (χ1) is 10.8. The molecule has 5 nitrogen and oxygen atoms in total. The summed E-state index contributed by atoms with van der Waals surface area (Å²) in [5.74, 6) is -0.166. The third-order valence-corrected chi connectivity index (χ3v) is 3.55. The molecule has 1 atom stereocenters. The monoisotopic (exact) mass is 322 g/mol. The summed E-state index contributed by atoms with van der Waals surface area (Å²) >= 11 is 0. The van der Waals surface area contributed by atoms with Crippen LogP contribution in [0.15, 0.2) is 30.5 Å². The van der Waals surface area contributed by atoms with Crippen molar-refractivity contribution in [3.63, 3.8) is 0 Å². The molecule has 1 aliphatic heterocycles. The van der Waals surface area contributed by atoms with Crippen molar-refractivity contribution in [1.82, 2.24) is 9.97 Å². The van der Waals surface area contributed by atoms with Crippen LogP contribution in [0.3, 0.4) is 0 Å². The quantitative estimate of drug-likeness (QED) is 0.911. The van der Waals surface area contributed by atoms with Gasteiger partial charge < -0.3 is 10.6 Å². The van der Waals surface area contributed by atoms with Crippen molar-refractivity contribution in [2.24, 2.45) is 0 Å². The third kappa shape index (κ3) is 3.25. The first-order valence-electron chi connectivity index (χ1n) is 6.92. The van der Waals surface area contributed by atoms with Gasteiger partial charge in [-0.05, 0) is 30.2 Å². The fourth-order valence-corrected chi connectivity index (χ4v) is 2.38. The van der Waals surface area contributed by atoms with Gasteiger partial charge in [-0.25, -0.2) is 9.97 Å². The van der Waals surface area contributed by atoms with E-state index >= 15 is 0 Å². The first-order valence-corrected chi connectivity index (χ1v) is 6.92. The van der Waals surface area contributed by atoms with E-state index in [4.69, 9.17) is 0 Å². The summed E-state index contributed by atoms with van der Waals surface area (Å²) in [5.41, 5.74) is 1.47. The van der Waals surface area contributed by atoms with Crippen molar-refractivity contribution in [3.05, 3.63) is 47.3 Å². The van der Waals surface area contributed by atoms with Crippen LogP contribution < -0.4 is 10.6 Å². The molecular weight excluding hydrogens is 309 g/mol.